The van der Waals surface area contributed by atoms with E-state index in [9.17, 15) is 18.0 Å². The molecule has 0 saturated carbocycles. The van der Waals surface area contributed by atoms with Crippen LogP contribution >= 0.6 is 11.6 Å². The highest BCUT2D eigenvalue weighted by Crippen LogP contribution is 2.33. The summed E-state index contributed by atoms with van der Waals surface area (Å²) in [5.41, 5.74) is 1.30. The van der Waals surface area contributed by atoms with Gasteiger partial charge in [-0.15, -0.1) is 0 Å². The molecule has 38 heavy (non-hydrogen) atoms. The highest BCUT2D eigenvalue weighted by Gasteiger charge is 2.32. The molecule has 4 rings (SSSR count). The molecule has 3 aromatic rings. The van der Waals surface area contributed by atoms with Crippen LogP contribution in [0.3, 0.4) is 0 Å². The molecule has 1 N–H and O–H groups in total. The van der Waals surface area contributed by atoms with Gasteiger partial charge in [0, 0.05) is 44.8 Å². The van der Waals surface area contributed by atoms with Gasteiger partial charge < -0.3 is 9.64 Å². The van der Waals surface area contributed by atoms with Crippen LogP contribution in [0, 0.1) is 0 Å². The third-order valence-corrected chi connectivity index (χ3v) is 6.85. The summed E-state index contributed by atoms with van der Waals surface area (Å²) < 4.78 is 44.5. The fraction of sp³-hybridized carbons (Fsp3) is 0.357. The van der Waals surface area contributed by atoms with Gasteiger partial charge in [-0.25, -0.2) is 9.78 Å². The van der Waals surface area contributed by atoms with Crippen LogP contribution < -0.4 is 5.32 Å². The third-order valence-electron chi connectivity index (χ3n) is 6.56. The number of benzene rings is 2. The predicted octanol–water partition coefficient (Wildman–Crippen LogP) is 6.14. The van der Waals surface area contributed by atoms with Crippen molar-refractivity contribution in [2.75, 3.05) is 51.3 Å². The first-order valence-corrected chi connectivity index (χ1v) is 12.9. The van der Waals surface area contributed by atoms with Crippen molar-refractivity contribution in [2.24, 2.45) is 0 Å². The van der Waals surface area contributed by atoms with E-state index in [2.05, 4.69) is 39.5 Å². The van der Waals surface area contributed by atoms with E-state index in [-0.39, 0.29) is 16.8 Å². The molecule has 0 radical (unpaired) electrons. The standard InChI is InChI=1S/C28H30ClF3N4O2/c29-25-19-23(28(30,31)32)20-33-26(25)34-27(37)36(14-13-35-15-17-38-18-16-35)12-11-24(21-7-3-1-4-8-21)22-9-5-2-6-10-22/h1-10,19-20,24H,11-18H2,(H,33,34,37). The molecule has 0 aliphatic carbocycles. The Hall–Kier alpha value is -3.14. The molecule has 2 amide bonds. The second-order valence-corrected chi connectivity index (χ2v) is 9.49. The average Bonchev–Trinajstić information content (AvgIpc) is 2.92. The molecule has 1 saturated heterocycles. The van der Waals surface area contributed by atoms with Gasteiger partial charge in [-0.3, -0.25) is 10.2 Å². The summed E-state index contributed by atoms with van der Waals surface area (Å²) in [6.07, 6.45) is -3.26. The number of nitrogens with one attached hydrogen (secondary N) is 1. The summed E-state index contributed by atoms with van der Waals surface area (Å²) in [4.78, 5) is 21.0. The number of morpholine rings is 1. The number of amides is 2. The maximum absolute atomic E-state index is 13.4. The van der Waals surface area contributed by atoms with Gasteiger partial charge in [0.05, 0.1) is 23.8 Å². The van der Waals surface area contributed by atoms with E-state index >= 15 is 0 Å². The van der Waals surface area contributed by atoms with Crippen molar-refractivity contribution in [1.82, 2.24) is 14.8 Å². The van der Waals surface area contributed by atoms with Crippen LogP contribution in [0.15, 0.2) is 72.9 Å². The number of nitrogens with zero attached hydrogens (tertiary/aromatic N) is 3. The fourth-order valence-corrected chi connectivity index (χ4v) is 4.66. The fourth-order valence-electron chi connectivity index (χ4n) is 4.45. The lowest BCUT2D eigenvalue weighted by Crippen LogP contribution is -2.44. The van der Waals surface area contributed by atoms with Crippen LogP contribution in [0.4, 0.5) is 23.8 Å². The van der Waals surface area contributed by atoms with Gasteiger partial charge in [0.25, 0.3) is 0 Å². The SMILES string of the molecule is O=C(Nc1ncc(C(F)(F)F)cc1Cl)N(CCC(c1ccccc1)c1ccccc1)CCN1CCOCC1. The average molecular weight is 547 g/mol. The van der Waals surface area contributed by atoms with E-state index in [1.165, 1.54) is 0 Å². The normalized spacial score (nSPS) is 14.4. The summed E-state index contributed by atoms with van der Waals surface area (Å²) in [5, 5.41) is 2.34. The Morgan fingerprint density at radius 3 is 2.18 bits per heavy atom. The van der Waals surface area contributed by atoms with Crippen molar-refractivity contribution in [2.45, 2.75) is 18.5 Å². The summed E-state index contributed by atoms with van der Waals surface area (Å²) in [5.74, 6) is -0.0485. The Labute approximate surface area is 225 Å². The first kappa shape index (κ1) is 27.9. The molecular formula is C28H30ClF3N4O2. The molecule has 0 atom stereocenters. The minimum atomic E-state index is -4.58. The summed E-state index contributed by atoms with van der Waals surface area (Å²) in [6.45, 7) is 4.33. The zero-order chi connectivity index (χ0) is 27.0. The molecular weight excluding hydrogens is 517 g/mol. The topological polar surface area (TPSA) is 57.7 Å². The van der Waals surface area contributed by atoms with E-state index in [4.69, 9.17) is 16.3 Å². The van der Waals surface area contributed by atoms with Crippen LogP contribution in [-0.4, -0.2) is 66.8 Å². The second-order valence-electron chi connectivity index (χ2n) is 9.09. The number of alkyl halides is 3. The smallest absolute Gasteiger partial charge is 0.379 e. The molecule has 1 aromatic heterocycles. The number of halogens is 4. The molecule has 1 fully saturated rings. The zero-order valence-corrected chi connectivity index (χ0v) is 21.6. The Bertz CT molecular complexity index is 1140. The molecule has 0 bridgehead atoms. The van der Waals surface area contributed by atoms with Crippen molar-refractivity contribution >= 4 is 23.4 Å². The number of hydrogen-bond acceptors (Lipinski definition) is 4. The molecule has 0 spiro atoms. The van der Waals surface area contributed by atoms with E-state index in [1.807, 2.05) is 36.4 Å². The number of carbonyl (C=O) groups is 1. The lowest BCUT2D eigenvalue weighted by molar-refractivity contribution is -0.137. The minimum Gasteiger partial charge on any atom is -0.379 e. The van der Waals surface area contributed by atoms with Crippen LogP contribution in [0.5, 0.6) is 0 Å². The molecule has 1 aliphatic heterocycles. The van der Waals surface area contributed by atoms with Gasteiger partial charge in [-0.05, 0) is 23.6 Å². The molecule has 1 aliphatic rings. The van der Waals surface area contributed by atoms with Crippen molar-refractivity contribution < 1.29 is 22.7 Å². The van der Waals surface area contributed by atoms with E-state index in [1.54, 1.807) is 4.90 Å². The van der Waals surface area contributed by atoms with Gasteiger partial charge in [0.2, 0.25) is 0 Å². The van der Waals surface area contributed by atoms with Crippen molar-refractivity contribution in [3.8, 4) is 0 Å². The molecule has 0 unspecified atom stereocenters. The van der Waals surface area contributed by atoms with Crippen molar-refractivity contribution in [3.05, 3.63) is 94.6 Å². The number of carbonyl (C=O) groups excluding carboxylic acids is 1. The molecule has 2 heterocycles. The predicted molar refractivity (Wildman–Crippen MR) is 141 cm³/mol. The maximum atomic E-state index is 13.4. The number of rotatable bonds is 9. The Kier molecular flexibility index (Phi) is 9.60. The van der Waals surface area contributed by atoms with Crippen LogP contribution in [0.1, 0.15) is 29.0 Å². The Morgan fingerprint density at radius 2 is 1.63 bits per heavy atom. The van der Waals surface area contributed by atoms with Crippen LogP contribution in [0.25, 0.3) is 0 Å². The first-order chi connectivity index (χ1) is 18.3. The Balaban J connectivity index is 1.51. The largest absolute Gasteiger partial charge is 0.417 e. The van der Waals surface area contributed by atoms with Crippen LogP contribution in [-0.2, 0) is 10.9 Å². The number of hydrogen-bond donors (Lipinski definition) is 1. The molecule has 2 aromatic carbocycles. The molecule has 202 valence electrons. The van der Waals surface area contributed by atoms with Gasteiger partial charge in [0.15, 0.2) is 5.82 Å². The zero-order valence-electron chi connectivity index (χ0n) is 20.8. The monoisotopic (exact) mass is 546 g/mol. The first-order valence-electron chi connectivity index (χ1n) is 12.5. The summed E-state index contributed by atoms with van der Waals surface area (Å²) >= 11 is 6.05. The number of anilines is 1. The van der Waals surface area contributed by atoms with E-state index in [0.717, 1.165) is 30.3 Å². The third kappa shape index (κ3) is 7.69. The quantitative estimate of drug-likeness (QED) is 0.350. The number of ether oxygens (including phenoxy) is 1. The van der Waals surface area contributed by atoms with Gasteiger partial charge in [-0.1, -0.05) is 72.3 Å². The number of pyridine rings is 1. The molecule has 6 nitrogen and oxygen atoms in total. The summed E-state index contributed by atoms with van der Waals surface area (Å²) in [7, 11) is 0. The van der Waals surface area contributed by atoms with Crippen molar-refractivity contribution in [3.63, 3.8) is 0 Å². The van der Waals surface area contributed by atoms with Crippen molar-refractivity contribution in [1.29, 1.82) is 0 Å². The Morgan fingerprint density at radius 1 is 1.03 bits per heavy atom. The maximum Gasteiger partial charge on any atom is 0.417 e. The second kappa shape index (κ2) is 13.1. The van der Waals surface area contributed by atoms with E-state index in [0.29, 0.717) is 45.5 Å². The van der Waals surface area contributed by atoms with Gasteiger partial charge >= 0.3 is 12.2 Å². The number of urea groups is 1. The van der Waals surface area contributed by atoms with Gasteiger partial charge in [0.1, 0.15) is 0 Å². The van der Waals surface area contributed by atoms with Gasteiger partial charge in [-0.2, -0.15) is 13.2 Å². The van der Waals surface area contributed by atoms with Crippen LogP contribution in [0.2, 0.25) is 5.02 Å². The minimum absolute atomic E-state index is 0.0591. The highest BCUT2D eigenvalue weighted by molar-refractivity contribution is 6.33. The lowest BCUT2D eigenvalue weighted by Gasteiger charge is -2.31. The number of aromatic nitrogens is 1. The van der Waals surface area contributed by atoms with E-state index < -0.39 is 17.8 Å². The summed E-state index contributed by atoms with van der Waals surface area (Å²) in [6, 6.07) is 20.5. The lowest BCUT2D eigenvalue weighted by atomic mass is 9.88. The molecule has 10 heteroatoms. The highest BCUT2D eigenvalue weighted by atomic mass is 35.5.